The molecule has 0 saturated carbocycles. The number of carbonyl (C=O) groups is 3. The number of nitrogen functional groups attached to an aromatic ring is 4. The van der Waals surface area contributed by atoms with Crippen molar-refractivity contribution in [3.8, 4) is 0 Å². The number of rotatable bonds is 10. The first-order valence-corrected chi connectivity index (χ1v) is 16.1. The van der Waals surface area contributed by atoms with Crippen LogP contribution in [0, 0.1) is 6.92 Å². The average molecular weight is 772 g/mol. The van der Waals surface area contributed by atoms with Gasteiger partial charge in [-0.25, -0.2) is 9.78 Å². The van der Waals surface area contributed by atoms with Gasteiger partial charge in [0.05, 0.1) is 16.8 Å². The number of hydrogen-bond acceptors (Lipinski definition) is 15. The number of anilines is 3. The van der Waals surface area contributed by atoms with Crippen LogP contribution in [0.5, 0.6) is 0 Å². The molecule has 228 valence electrons. The minimum atomic E-state index is -3.82. The zero-order valence-electron chi connectivity index (χ0n) is 22.3. The van der Waals surface area contributed by atoms with Crippen molar-refractivity contribution in [2.24, 2.45) is 0 Å². The number of aliphatic carboxylic acids is 1. The van der Waals surface area contributed by atoms with Gasteiger partial charge in [0, 0.05) is 36.9 Å². The lowest BCUT2D eigenvalue weighted by Gasteiger charge is -2.49. The van der Waals surface area contributed by atoms with Crippen molar-refractivity contribution in [3.63, 3.8) is 0 Å². The standard InChI is InChI=1S/C21H26N9O7PS3.HI/c1-8-14(22)28-21(30(25)15(8)23)41-6-9-5-39-18-12(17(32)29(18)13(9)19(33)34)27-16(31)10(4-38(35,36-2)37-3)11-7-40-20(24)26-11;/h4,7,12,18H,5-6,25H2,1-3H3,(H7,22,23,24,26,27,31,33,34);1H/b10-4-;/t12-,18-;/m1./s1. The number of nitrogens with zero attached hydrogens (tertiary/aromatic N) is 4. The normalized spacial score (nSPS) is 18.7. The van der Waals surface area contributed by atoms with Gasteiger partial charge in [-0.3, -0.25) is 24.9 Å². The fraction of sp³-hybridized carbons (Fsp3) is 0.333. The van der Waals surface area contributed by atoms with E-state index in [0.29, 0.717) is 11.1 Å². The number of thiazole rings is 1. The molecule has 21 heteroatoms. The van der Waals surface area contributed by atoms with Crippen molar-refractivity contribution < 1.29 is 61.8 Å². The largest absolute Gasteiger partial charge is 1.00 e. The number of fused-ring (bicyclic) bond motifs is 1. The minimum Gasteiger partial charge on any atom is -1.00 e. The molecule has 10 N–H and O–H groups in total. The Hall–Kier alpha value is -2.62. The number of carboxylic acid groups (broad SMARTS) is 1. The molecule has 0 aromatic carbocycles. The van der Waals surface area contributed by atoms with Crippen LogP contribution in [0.3, 0.4) is 0 Å². The number of halogens is 1. The Kier molecular flexibility index (Phi) is 10.8. The minimum absolute atomic E-state index is 0. The Morgan fingerprint density at radius 1 is 1.31 bits per heavy atom. The second-order valence-corrected chi connectivity index (χ2v) is 13.6. The summed E-state index contributed by atoms with van der Waals surface area (Å²) in [5.74, 6) is 5.03. The molecule has 2 aliphatic rings. The van der Waals surface area contributed by atoms with Gasteiger partial charge in [-0.2, -0.15) is 0 Å². The highest BCUT2D eigenvalue weighted by Gasteiger charge is 2.54. The maximum absolute atomic E-state index is 13.3. The number of nitrogens with two attached hydrogens (primary N) is 4. The van der Waals surface area contributed by atoms with Gasteiger partial charge in [0.2, 0.25) is 11.6 Å². The second-order valence-electron chi connectivity index (χ2n) is 8.59. The van der Waals surface area contributed by atoms with Crippen LogP contribution >= 0.6 is 42.5 Å². The van der Waals surface area contributed by atoms with Gasteiger partial charge in [0.1, 0.15) is 17.1 Å². The quantitative estimate of drug-likeness (QED) is 0.0205. The van der Waals surface area contributed by atoms with Gasteiger partial charge < -0.3 is 60.6 Å². The Morgan fingerprint density at radius 2 is 1.98 bits per heavy atom. The van der Waals surface area contributed by atoms with E-state index in [-0.39, 0.29) is 74.4 Å². The molecule has 2 amide bonds. The first-order valence-electron chi connectivity index (χ1n) is 11.5. The number of nitrogens with one attached hydrogen (secondary N) is 1. The molecule has 2 aromatic heterocycles. The zero-order valence-corrected chi connectivity index (χ0v) is 27.8. The molecule has 0 radical (unpaired) electrons. The van der Waals surface area contributed by atoms with Crippen molar-refractivity contribution in [2.75, 3.05) is 48.8 Å². The molecule has 2 atom stereocenters. The van der Waals surface area contributed by atoms with Crippen molar-refractivity contribution in [1.82, 2.24) is 20.2 Å². The summed E-state index contributed by atoms with van der Waals surface area (Å²) in [7, 11) is -1.52. The van der Waals surface area contributed by atoms with Gasteiger partial charge in [0.25, 0.3) is 11.8 Å². The predicted octanol–water partition coefficient (Wildman–Crippen LogP) is -3.04. The summed E-state index contributed by atoms with van der Waals surface area (Å²) >= 11 is 3.44. The topological polar surface area (TPSA) is 256 Å². The molecule has 42 heavy (non-hydrogen) atoms. The number of amides is 2. The van der Waals surface area contributed by atoms with Crippen LogP contribution in [0.4, 0.5) is 16.8 Å². The molecule has 0 aliphatic carbocycles. The lowest BCUT2D eigenvalue weighted by molar-refractivity contribution is -0.667. The highest BCUT2D eigenvalue weighted by molar-refractivity contribution is 8.01. The predicted molar refractivity (Wildman–Crippen MR) is 155 cm³/mol. The fourth-order valence-corrected chi connectivity index (χ4v) is 7.82. The number of carbonyl (C=O) groups excluding carboxylic acids is 2. The van der Waals surface area contributed by atoms with E-state index in [1.807, 2.05) is 0 Å². The van der Waals surface area contributed by atoms with Crippen LogP contribution in [0.1, 0.15) is 11.3 Å². The first-order chi connectivity index (χ1) is 19.3. The molecule has 16 nitrogen and oxygen atoms in total. The summed E-state index contributed by atoms with van der Waals surface area (Å²) in [5, 5.41) is 13.8. The van der Waals surface area contributed by atoms with Crippen molar-refractivity contribution >= 4 is 82.6 Å². The lowest BCUT2D eigenvalue weighted by atomic mass is 10.0. The maximum Gasteiger partial charge on any atom is 0.354 e. The third kappa shape index (κ3) is 6.48. The Morgan fingerprint density at radius 3 is 2.55 bits per heavy atom. The van der Waals surface area contributed by atoms with Gasteiger partial charge in [-0.1, -0.05) is 4.98 Å². The summed E-state index contributed by atoms with van der Waals surface area (Å²) in [4.78, 5) is 48.1. The van der Waals surface area contributed by atoms with E-state index >= 15 is 0 Å². The van der Waals surface area contributed by atoms with E-state index in [9.17, 15) is 24.1 Å². The summed E-state index contributed by atoms with van der Waals surface area (Å²) in [6, 6.07) is -1.07. The van der Waals surface area contributed by atoms with Crippen LogP contribution in [0.25, 0.3) is 5.57 Å². The molecule has 2 aliphatic heterocycles. The van der Waals surface area contributed by atoms with E-state index in [0.717, 1.165) is 52.7 Å². The molecule has 0 unspecified atom stereocenters. The van der Waals surface area contributed by atoms with Gasteiger partial charge in [0.15, 0.2) is 5.13 Å². The molecular formula is C21H27IN9O7PS3. The Balaban J connectivity index is 0.00000484. The lowest BCUT2D eigenvalue weighted by Crippen LogP contribution is -3.00. The summed E-state index contributed by atoms with van der Waals surface area (Å²) in [6.07, 6.45) is 0. The van der Waals surface area contributed by atoms with E-state index in [1.165, 1.54) is 17.1 Å². The molecule has 1 saturated heterocycles. The zero-order chi connectivity index (χ0) is 30.2. The number of carboxylic acids is 1. The molecule has 0 bridgehead atoms. The van der Waals surface area contributed by atoms with E-state index in [4.69, 9.17) is 32.1 Å². The summed E-state index contributed by atoms with van der Waals surface area (Å²) in [6.45, 7) is 1.67. The molecule has 1 fully saturated rings. The van der Waals surface area contributed by atoms with E-state index < -0.39 is 36.8 Å². The number of hydrogen-bond donors (Lipinski definition) is 6. The van der Waals surface area contributed by atoms with Crippen LogP contribution in [0.2, 0.25) is 0 Å². The maximum atomic E-state index is 13.3. The highest BCUT2D eigenvalue weighted by atomic mass is 127. The third-order valence-corrected chi connectivity index (χ3v) is 10.8. The molecule has 4 heterocycles. The Bertz CT molecular complexity index is 1550. The molecule has 2 aromatic rings. The van der Waals surface area contributed by atoms with Crippen LogP contribution in [0.15, 0.2) is 27.6 Å². The van der Waals surface area contributed by atoms with Gasteiger partial charge in [-0.15, -0.1) is 27.8 Å². The van der Waals surface area contributed by atoms with Gasteiger partial charge >= 0.3 is 18.7 Å². The first kappa shape index (κ1) is 33.9. The number of aromatic nitrogens is 3. The SMILES string of the molecule is COP(=O)(/C=C(\C(=O)N[C@@H]1C(=O)N2C(C(=O)O)=C(CSc3nc(N)c(C)c(N)[n+]3N)CS[C@H]12)c1csc(N)n1)OC.[I-]. The van der Waals surface area contributed by atoms with Crippen LogP contribution < -0.4 is 57.0 Å². The fourth-order valence-electron chi connectivity index (χ4n) is 3.91. The van der Waals surface area contributed by atoms with E-state index in [1.54, 1.807) is 6.92 Å². The smallest absolute Gasteiger partial charge is 0.354 e. The Labute approximate surface area is 269 Å². The summed E-state index contributed by atoms with van der Waals surface area (Å²) < 4.78 is 23.8. The van der Waals surface area contributed by atoms with Crippen molar-refractivity contribution in [1.29, 1.82) is 0 Å². The van der Waals surface area contributed by atoms with Crippen LogP contribution in [-0.4, -0.2) is 74.9 Å². The molecule has 4 rings (SSSR count). The average Bonchev–Trinajstić information content (AvgIpc) is 3.39. The van der Waals surface area contributed by atoms with Gasteiger partial charge in [-0.05, 0) is 24.3 Å². The number of thioether (sulfide) groups is 2. The molecule has 0 spiro atoms. The summed E-state index contributed by atoms with van der Waals surface area (Å²) in [5.41, 5.74) is 18.3. The third-order valence-electron chi connectivity index (χ3n) is 6.20. The van der Waals surface area contributed by atoms with E-state index in [2.05, 4.69) is 15.3 Å². The molecular weight excluding hydrogens is 744 g/mol. The highest BCUT2D eigenvalue weighted by Crippen LogP contribution is 2.50. The van der Waals surface area contributed by atoms with Crippen molar-refractivity contribution in [2.45, 2.75) is 23.5 Å². The van der Waals surface area contributed by atoms with Crippen molar-refractivity contribution in [3.05, 3.63) is 33.7 Å². The number of β-lactam (4-membered cyclic amide) rings is 1. The van der Waals surface area contributed by atoms with Crippen LogP contribution in [-0.2, 0) is 28.0 Å². The monoisotopic (exact) mass is 771 g/mol. The second kappa shape index (κ2) is 13.3.